The Labute approximate surface area is 199 Å². The van der Waals surface area contributed by atoms with Gasteiger partial charge in [-0.3, -0.25) is 10.00 Å². The number of hydrogen-bond donors (Lipinski definition) is 4. The molecule has 0 bridgehead atoms. The highest BCUT2D eigenvalue weighted by atomic mass is 35.5. The van der Waals surface area contributed by atoms with E-state index in [0.717, 1.165) is 50.6 Å². The number of carboxylic acid groups (broad SMARTS) is 1. The maximum Gasteiger partial charge on any atom is 0.358 e. The minimum absolute atomic E-state index is 0. The Morgan fingerprint density at radius 1 is 1.09 bits per heavy atom. The molecule has 0 atom stereocenters. The van der Waals surface area contributed by atoms with E-state index in [2.05, 4.69) is 37.9 Å². The van der Waals surface area contributed by atoms with Crippen LogP contribution in [0, 0.1) is 6.92 Å². The highest BCUT2D eigenvalue weighted by molar-refractivity contribution is 5.93. The predicted molar refractivity (Wildman–Crippen MR) is 131 cm³/mol. The molecule has 4 N–H and O–H groups in total. The highest BCUT2D eigenvalue weighted by Crippen LogP contribution is 2.24. The van der Waals surface area contributed by atoms with Gasteiger partial charge in [0.2, 0.25) is 0 Å². The number of nitrogens with zero attached hydrogens (tertiary/aromatic N) is 2. The van der Waals surface area contributed by atoms with E-state index in [1.807, 2.05) is 36.4 Å². The molecule has 1 fully saturated rings. The molecule has 2 aromatic carbocycles. The van der Waals surface area contributed by atoms with Crippen molar-refractivity contribution in [1.29, 1.82) is 0 Å². The van der Waals surface area contributed by atoms with Gasteiger partial charge in [-0.2, -0.15) is 5.10 Å². The SMILES string of the molecule is Cc1[nH]nc(C(=O)O)c1Nc1ccc(Cc2ccc(OCCN3CCNCC3)cc2)cc1.Cl. The predicted octanol–water partition coefficient (Wildman–Crippen LogP) is 3.46. The highest BCUT2D eigenvalue weighted by Gasteiger charge is 2.16. The van der Waals surface area contributed by atoms with Crippen LogP contribution in [0.15, 0.2) is 48.5 Å². The number of aromatic nitrogens is 2. The third kappa shape index (κ3) is 6.71. The van der Waals surface area contributed by atoms with Crippen LogP contribution < -0.4 is 15.4 Å². The van der Waals surface area contributed by atoms with Crippen molar-refractivity contribution >= 4 is 29.8 Å². The van der Waals surface area contributed by atoms with Gasteiger partial charge in [-0.1, -0.05) is 24.3 Å². The molecule has 0 saturated carbocycles. The van der Waals surface area contributed by atoms with Gasteiger partial charge < -0.3 is 20.5 Å². The van der Waals surface area contributed by atoms with Crippen LogP contribution >= 0.6 is 12.4 Å². The van der Waals surface area contributed by atoms with Crippen LogP contribution in [0.2, 0.25) is 0 Å². The van der Waals surface area contributed by atoms with Crippen molar-refractivity contribution in [2.45, 2.75) is 13.3 Å². The summed E-state index contributed by atoms with van der Waals surface area (Å²) in [4.78, 5) is 13.7. The van der Waals surface area contributed by atoms with E-state index in [1.54, 1.807) is 6.92 Å². The number of carboxylic acids is 1. The number of ether oxygens (including phenoxy) is 1. The molecule has 9 heteroatoms. The van der Waals surface area contributed by atoms with Gasteiger partial charge in [-0.15, -0.1) is 12.4 Å². The summed E-state index contributed by atoms with van der Waals surface area (Å²) in [6.07, 6.45) is 0.812. The first kappa shape index (κ1) is 24.6. The zero-order valence-electron chi connectivity index (χ0n) is 18.6. The summed E-state index contributed by atoms with van der Waals surface area (Å²) in [6.45, 7) is 7.71. The smallest absolute Gasteiger partial charge is 0.358 e. The second-order valence-corrected chi connectivity index (χ2v) is 7.96. The Balaban J connectivity index is 0.00000306. The number of nitrogens with one attached hydrogen (secondary N) is 3. The normalized spacial score (nSPS) is 13.8. The molecule has 176 valence electrons. The number of hydrogen-bond acceptors (Lipinski definition) is 6. The summed E-state index contributed by atoms with van der Waals surface area (Å²) >= 11 is 0. The van der Waals surface area contributed by atoms with Crippen LogP contribution in [0.5, 0.6) is 5.75 Å². The maximum atomic E-state index is 11.3. The summed E-state index contributed by atoms with van der Waals surface area (Å²) in [6, 6.07) is 16.2. The topological polar surface area (TPSA) is 103 Å². The Kier molecular flexibility index (Phi) is 8.71. The molecule has 33 heavy (non-hydrogen) atoms. The van der Waals surface area contributed by atoms with Gasteiger partial charge in [-0.05, 0) is 48.7 Å². The molecular weight excluding hydrogens is 442 g/mol. The number of aromatic carboxylic acids is 1. The molecule has 2 heterocycles. The number of H-pyrrole nitrogens is 1. The van der Waals surface area contributed by atoms with Crippen LogP contribution in [0.3, 0.4) is 0 Å². The number of aryl methyl sites for hydroxylation is 1. The van der Waals surface area contributed by atoms with Crippen molar-refractivity contribution < 1.29 is 14.6 Å². The standard InChI is InChI=1S/C24H29N5O3.ClH/c1-17-22(23(24(30)31)28-27-17)26-20-6-2-18(3-7-20)16-19-4-8-21(9-5-19)32-15-14-29-12-10-25-11-13-29;/h2-9,25-26H,10-16H2,1H3,(H,27,28)(H,30,31);1H. The van der Waals surface area contributed by atoms with Gasteiger partial charge in [0, 0.05) is 38.4 Å². The first-order valence-corrected chi connectivity index (χ1v) is 10.9. The van der Waals surface area contributed by atoms with E-state index < -0.39 is 5.97 Å². The minimum atomic E-state index is -1.07. The van der Waals surface area contributed by atoms with Gasteiger partial charge in [0.25, 0.3) is 0 Å². The maximum absolute atomic E-state index is 11.3. The lowest BCUT2D eigenvalue weighted by atomic mass is 10.0. The molecule has 4 rings (SSSR count). The molecule has 0 radical (unpaired) electrons. The third-order valence-electron chi connectivity index (χ3n) is 5.59. The number of anilines is 2. The fraction of sp³-hybridized carbons (Fsp3) is 0.333. The lowest BCUT2D eigenvalue weighted by Gasteiger charge is -2.26. The van der Waals surface area contributed by atoms with Gasteiger partial charge in [0.05, 0.1) is 11.4 Å². The Morgan fingerprint density at radius 2 is 1.73 bits per heavy atom. The Morgan fingerprint density at radius 3 is 2.36 bits per heavy atom. The minimum Gasteiger partial charge on any atom is -0.492 e. The number of piperazine rings is 1. The fourth-order valence-electron chi connectivity index (χ4n) is 3.75. The molecule has 3 aromatic rings. The fourth-order valence-corrected chi connectivity index (χ4v) is 3.75. The van der Waals surface area contributed by atoms with E-state index in [1.165, 1.54) is 11.1 Å². The number of benzene rings is 2. The van der Waals surface area contributed by atoms with Crippen molar-refractivity contribution in [3.8, 4) is 5.75 Å². The summed E-state index contributed by atoms with van der Waals surface area (Å²) < 4.78 is 5.90. The molecule has 0 aliphatic carbocycles. The molecular formula is C24H30ClN5O3. The summed E-state index contributed by atoms with van der Waals surface area (Å²) in [5, 5.41) is 22.3. The van der Waals surface area contributed by atoms with Crippen molar-refractivity contribution in [3.05, 3.63) is 71.0 Å². The molecule has 1 aliphatic heterocycles. The molecule has 1 aliphatic rings. The zero-order chi connectivity index (χ0) is 22.3. The first-order chi connectivity index (χ1) is 15.6. The molecule has 0 unspecified atom stereocenters. The van der Waals surface area contributed by atoms with Crippen molar-refractivity contribution in [3.63, 3.8) is 0 Å². The molecule has 0 spiro atoms. The number of aromatic amines is 1. The van der Waals surface area contributed by atoms with E-state index in [9.17, 15) is 9.90 Å². The molecule has 0 amide bonds. The van der Waals surface area contributed by atoms with Crippen molar-refractivity contribution in [2.24, 2.45) is 0 Å². The summed E-state index contributed by atoms with van der Waals surface area (Å²) in [5.74, 6) is -0.169. The largest absolute Gasteiger partial charge is 0.492 e. The van der Waals surface area contributed by atoms with Crippen LogP contribution in [0.1, 0.15) is 27.3 Å². The van der Waals surface area contributed by atoms with Gasteiger partial charge in [-0.25, -0.2) is 4.79 Å². The van der Waals surface area contributed by atoms with E-state index >= 15 is 0 Å². The lowest BCUT2D eigenvalue weighted by molar-refractivity contribution is 0.0691. The van der Waals surface area contributed by atoms with Crippen LogP contribution in [-0.4, -0.2) is 65.5 Å². The molecule has 8 nitrogen and oxygen atoms in total. The average molecular weight is 472 g/mol. The average Bonchev–Trinajstić information content (AvgIpc) is 3.17. The number of rotatable bonds is 9. The second-order valence-electron chi connectivity index (χ2n) is 7.96. The van der Waals surface area contributed by atoms with Crippen LogP contribution in [0.25, 0.3) is 0 Å². The molecule has 1 aromatic heterocycles. The lowest BCUT2D eigenvalue weighted by Crippen LogP contribution is -2.44. The van der Waals surface area contributed by atoms with Crippen molar-refractivity contribution in [1.82, 2.24) is 20.4 Å². The number of carbonyl (C=O) groups is 1. The van der Waals surface area contributed by atoms with Crippen LogP contribution in [0.4, 0.5) is 11.4 Å². The monoisotopic (exact) mass is 471 g/mol. The summed E-state index contributed by atoms with van der Waals surface area (Å²) in [5.41, 5.74) is 4.35. The second kappa shape index (κ2) is 11.7. The molecule has 1 saturated heterocycles. The zero-order valence-corrected chi connectivity index (χ0v) is 19.5. The first-order valence-electron chi connectivity index (χ1n) is 10.9. The third-order valence-corrected chi connectivity index (χ3v) is 5.59. The number of halogens is 1. The quantitative estimate of drug-likeness (QED) is 0.379. The van der Waals surface area contributed by atoms with Crippen LogP contribution in [-0.2, 0) is 6.42 Å². The van der Waals surface area contributed by atoms with Crippen molar-refractivity contribution in [2.75, 3.05) is 44.6 Å². The Bertz CT molecular complexity index is 1030. The van der Waals surface area contributed by atoms with Gasteiger partial charge in [0.1, 0.15) is 12.4 Å². The Hall–Kier alpha value is -3.07. The van der Waals surface area contributed by atoms with E-state index in [4.69, 9.17) is 4.74 Å². The van der Waals surface area contributed by atoms with E-state index in [0.29, 0.717) is 18.0 Å². The van der Waals surface area contributed by atoms with Gasteiger partial charge >= 0.3 is 5.97 Å². The van der Waals surface area contributed by atoms with Gasteiger partial charge in [0.15, 0.2) is 5.69 Å². The summed E-state index contributed by atoms with van der Waals surface area (Å²) in [7, 11) is 0. The van der Waals surface area contributed by atoms with E-state index in [-0.39, 0.29) is 18.1 Å².